The first-order valence-electron chi connectivity index (χ1n) is 10.4. The van der Waals surface area contributed by atoms with Crippen molar-refractivity contribution < 1.29 is 4.39 Å². The first-order chi connectivity index (χ1) is 14.2. The molecule has 0 amide bonds. The normalized spacial score (nSPS) is 17.9. The summed E-state index contributed by atoms with van der Waals surface area (Å²) in [6, 6.07) is 6.75. The van der Waals surface area contributed by atoms with E-state index in [1.807, 2.05) is 19.2 Å². The summed E-state index contributed by atoms with van der Waals surface area (Å²) in [4.78, 5) is 16.2. The molecule has 0 saturated carbocycles. The maximum Gasteiger partial charge on any atom is 0.193 e. The summed E-state index contributed by atoms with van der Waals surface area (Å²) < 4.78 is 13.1. The summed E-state index contributed by atoms with van der Waals surface area (Å²) in [5.41, 5.74) is 2.23. The van der Waals surface area contributed by atoms with Crippen LogP contribution in [-0.2, 0) is 6.42 Å². The lowest BCUT2D eigenvalue weighted by Crippen LogP contribution is -2.52. The van der Waals surface area contributed by atoms with Crippen LogP contribution in [0.3, 0.4) is 0 Å². The average molecular weight is 417 g/mol. The lowest BCUT2D eigenvalue weighted by Gasteiger charge is -2.37. The first kappa shape index (κ1) is 19.9. The number of guanidine groups is 1. The molecule has 8 heteroatoms. The molecular formula is C21H29FN6S. The van der Waals surface area contributed by atoms with Crippen LogP contribution in [0.4, 0.5) is 15.2 Å². The number of nitrogens with one attached hydrogen (secondary N) is 1. The standard InChI is InChI=1S/C21H29FN6S/c1-23-20(24-9-8-18-16-29-21(25-18)28-10-2-3-11-28)27-14-12-26(13-15-27)19-6-4-17(22)5-7-19/h4-7,16H,2-3,8-15H2,1H3,(H,23,24). The summed E-state index contributed by atoms with van der Waals surface area (Å²) in [6.45, 7) is 6.70. The Balaban J connectivity index is 1.23. The van der Waals surface area contributed by atoms with Crippen molar-refractivity contribution in [3.05, 3.63) is 41.2 Å². The van der Waals surface area contributed by atoms with Gasteiger partial charge in [-0.25, -0.2) is 9.37 Å². The Labute approximate surface area is 176 Å². The van der Waals surface area contributed by atoms with E-state index in [2.05, 4.69) is 30.4 Å². The molecule has 4 rings (SSSR count). The molecule has 0 atom stereocenters. The summed E-state index contributed by atoms with van der Waals surface area (Å²) in [5.74, 6) is 0.753. The van der Waals surface area contributed by atoms with E-state index in [1.165, 1.54) is 30.1 Å². The molecule has 0 spiro atoms. The smallest absolute Gasteiger partial charge is 0.193 e. The van der Waals surface area contributed by atoms with Crippen molar-refractivity contribution in [2.75, 3.05) is 62.7 Å². The van der Waals surface area contributed by atoms with Crippen molar-refractivity contribution in [1.29, 1.82) is 0 Å². The zero-order chi connectivity index (χ0) is 20.1. The van der Waals surface area contributed by atoms with E-state index < -0.39 is 0 Å². The predicted molar refractivity (Wildman–Crippen MR) is 119 cm³/mol. The van der Waals surface area contributed by atoms with Gasteiger partial charge in [0.15, 0.2) is 11.1 Å². The van der Waals surface area contributed by atoms with Crippen molar-refractivity contribution in [2.24, 2.45) is 4.99 Å². The Bertz CT molecular complexity index is 807. The molecule has 3 heterocycles. The molecule has 0 aliphatic carbocycles. The second kappa shape index (κ2) is 9.43. The fourth-order valence-corrected chi connectivity index (χ4v) is 4.84. The van der Waals surface area contributed by atoms with Crippen LogP contribution in [0.5, 0.6) is 0 Å². The van der Waals surface area contributed by atoms with Crippen LogP contribution in [0.1, 0.15) is 18.5 Å². The summed E-state index contributed by atoms with van der Waals surface area (Å²) in [7, 11) is 1.84. The van der Waals surface area contributed by atoms with Gasteiger partial charge in [0.05, 0.1) is 5.69 Å². The van der Waals surface area contributed by atoms with Crippen LogP contribution in [0, 0.1) is 5.82 Å². The number of hydrogen-bond acceptors (Lipinski definition) is 5. The molecule has 6 nitrogen and oxygen atoms in total. The van der Waals surface area contributed by atoms with E-state index in [0.29, 0.717) is 0 Å². The Morgan fingerprint density at radius 1 is 1.07 bits per heavy atom. The Hall–Kier alpha value is -2.35. The molecule has 2 aliphatic rings. The van der Waals surface area contributed by atoms with Gasteiger partial charge in [0.25, 0.3) is 0 Å². The topological polar surface area (TPSA) is 47.0 Å². The van der Waals surface area contributed by atoms with Crippen LogP contribution in [-0.4, -0.2) is 68.7 Å². The number of hydrogen-bond donors (Lipinski definition) is 1. The molecule has 2 fully saturated rings. The van der Waals surface area contributed by atoms with Gasteiger partial charge in [0.2, 0.25) is 0 Å². The minimum Gasteiger partial charge on any atom is -0.368 e. The van der Waals surface area contributed by atoms with Crippen LogP contribution >= 0.6 is 11.3 Å². The molecule has 1 aromatic heterocycles. The highest BCUT2D eigenvalue weighted by Gasteiger charge is 2.20. The van der Waals surface area contributed by atoms with E-state index in [1.54, 1.807) is 11.3 Å². The van der Waals surface area contributed by atoms with Crippen molar-refractivity contribution in [3.63, 3.8) is 0 Å². The van der Waals surface area contributed by atoms with Gasteiger partial charge in [-0.05, 0) is 37.1 Å². The zero-order valence-corrected chi connectivity index (χ0v) is 17.8. The van der Waals surface area contributed by atoms with Crippen LogP contribution in [0.25, 0.3) is 0 Å². The highest BCUT2D eigenvalue weighted by molar-refractivity contribution is 7.13. The van der Waals surface area contributed by atoms with E-state index in [-0.39, 0.29) is 5.82 Å². The number of aliphatic imine (C=N–C) groups is 1. The third-order valence-corrected chi connectivity index (χ3v) is 6.51. The number of thiazole rings is 1. The predicted octanol–water partition coefficient (Wildman–Crippen LogP) is 2.82. The maximum atomic E-state index is 13.1. The Kier molecular flexibility index (Phi) is 6.49. The molecule has 29 heavy (non-hydrogen) atoms. The molecule has 1 aromatic carbocycles. The highest BCUT2D eigenvalue weighted by Crippen LogP contribution is 2.24. The van der Waals surface area contributed by atoms with Crippen LogP contribution < -0.4 is 15.1 Å². The van der Waals surface area contributed by atoms with Crippen LogP contribution in [0.2, 0.25) is 0 Å². The van der Waals surface area contributed by atoms with E-state index >= 15 is 0 Å². The average Bonchev–Trinajstić information content (AvgIpc) is 3.44. The number of rotatable bonds is 5. The summed E-state index contributed by atoms with van der Waals surface area (Å²) in [5, 5.41) is 6.83. The molecule has 156 valence electrons. The Morgan fingerprint density at radius 3 is 2.48 bits per heavy atom. The van der Waals surface area contributed by atoms with Gasteiger partial charge >= 0.3 is 0 Å². The van der Waals surface area contributed by atoms with E-state index in [0.717, 1.165) is 69.6 Å². The number of nitrogens with zero attached hydrogens (tertiary/aromatic N) is 5. The highest BCUT2D eigenvalue weighted by atomic mass is 32.1. The summed E-state index contributed by atoms with van der Waals surface area (Å²) in [6.07, 6.45) is 3.46. The van der Waals surface area contributed by atoms with E-state index in [4.69, 9.17) is 4.98 Å². The van der Waals surface area contributed by atoms with Gasteiger partial charge < -0.3 is 20.0 Å². The number of anilines is 2. The number of piperazine rings is 1. The monoisotopic (exact) mass is 416 g/mol. The fourth-order valence-electron chi connectivity index (χ4n) is 3.93. The largest absolute Gasteiger partial charge is 0.368 e. The van der Waals surface area contributed by atoms with Gasteiger partial charge in [-0.1, -0.05) is 0 Å². The molecule has 0 radical (unpaired) electrons. The molecule has 0 unspecified atom stereocenters. The maximum absolute atomic E-state index is 13.1. The number of benzene rings is 1. The molecule has 0 bridgehead atoms. The quantitative estimate of drug-likeness (QED) is 0.600. The SMILES string of the molecule is CN=C(NCCc1csc(N2CCCC2)n1)N1CCN(c2ccc(F)cc2)CC1. The lowest BCUT2D eigenvalue weighted by molar-refractivity contribution is 0.373. The lowest BCUT2D eigenvalue weighted by atomic mass is 10.2. The molecule has 2 aromatic rings. The Morgan fingerprint density at radius 2 is 1.79 bits per heavy atom. The first-order valence-corrected chi connectivity index (χ1v) is 11.3. The van der Waals surface area contributed by atoms with Gasteiger partial charge in [0.1, 0.15) is 5.82 Å². The fraction of sp³-hybridized carbons (Fsp3) is 0.524. The second-order valence-electron chi connectivity index (χ2n) is 7.49. The van der Waals surface area contributed by atoms with Crippen molar-refractivity contribution in [1.82, 2.24) is 15.2 Å². The number of halogens is 1. The molecule has 2 aliphatic heterocycles. The van der Waals surface area contributed by atoms with Gasteiger partial charge in [-0.3, -0.25) is 4.99 Å². The van der Waals surface area contributed by atoms with Gasteiger partial charge in [0, 0.05) is 70.3 Å². The van der Waals surface area contributed by atoms with Crippen molar-refractivity contribution in [3.8, 4) is 0 Å². The third-order valence-electron chi connectivity index (χ3n) is 5.56. The van der Waals surface area contributed by atoms with Crippen molar-refractivity contribution >= 4 is 28.1 Å². The minimum atomic E-state index is -0.190. The zero-order valence-electron chi connectivity index (χ0n) is 17.0. The van der Waals surface area contributed by atoms with Crippen LogP contribution in [0.15, 0.2) is 34.6 Å². The third kappa shape index (κ3) is 4.98. The molecular weight excluding hydrogens is 387 g/mol. The van der Waals surface area contributed by atoms with Gasteiger partial charge in [-0.15, -0.1) is 11.3 Å². The summed E-state index contributed by atoms with van der Waals surface area (Å²) >= 11 is 1.76. The molecule has 1 N–H and O–H groups in total. The van der Waals surface area contributed by atoms with E-state index in [9.17, 15) is 4.39 Å². The number of aromatic nitrogens is 1. The second-order valence-corrected chi connectivity index (χ2v) is 8.33. The minimum absolute atomic E-state index is 0.190. The van der Waals surface area contributed by atoms with Gasteiger partial charge in [-0.2, -0.15) is 0 Å². The molecule has 2 saturated heterocycles. The van der Waals surface area contributed by atoms with Crippen molar-refractivity contribution in [2.45, 2.75) is 19.3 Å².